The van der Waals surface area contributed by atoms with Crippen LogP contribution in [0.5, 0.6) is 0 Å². The average Bonchev–Trinajstić information content (AvgIpc) is 2.82. The zero-order valence-electron chi connectivity index (χ0n) is 18.9. The number of guanidine groups is 1. The molecule has 0 bridgehead atoms. The monoisotopic (exact) mass is 553 g/mol. The molecule has 0 aliphatic carbocycles. The molecular weight excluding hydrogens is 517 g/mol. The summed E-state index contributed by atoms with van der Waals surface area (Å²) >= 11 is 0. The van der Waals surface area contributed by atoms with Crippen LogP contribution < -0.4 is 10.6 Å². The minimum atomic E-state index is 0. The Morgan fingerprint density at radius 3 is 2.50 bits per heavy atom. The van der Waals surface area contributed by atoms with Gasteiger partial charge in [-0.1, -0.05) is 54.6 Å². The van der Waals surface area contributed by atoms with Gasteiger partial charge in [-0.25, -0.2) is 4.99 Å². The van der Waals surface area contributed by atoms with Crippen molar-refractivity contribution in [2.24, 2.45) is 4.99 Å². The minimum absolute atomic E-state index is 0. The van der Waals surface area contributed by atoms with Gasteiger partial charge >= 0.3 is 0 Å². The first-order chi connectivity index (χ1) is 15.3. The maximum atomic E-state index is 6.04. The molecule has 1 heterocycles. The van der Waals surface area contributed by atoms with Crippen LogP contribution in [0.25, 0.3) is 0 Å². The molecule has 7 heteroatoms. The van der Waals surface area contributed by atoms with E-state index in [1.54, 1.807) is 0 Å². The van der Waals surface area contributed by atoms with Crippen molar-refractivity contribution >= 4 is 29.9 Å². The maximum absolute atomic E-state index is 6.04. The highest BCUT2D eigenvalue weighted by Crippen LogP contribution is 2.14. The number of hydrogen-bond acceptors (Lipinski definition) is 4. The highest BCUT2D eigenvalue weighted by molar-refractivity contribution is 14.0. The largest absolute Gasteiger partial charge is 0.381 e. The molecule has 6 nitrogen and oxygen atoms in total. The van der Waals surface area contributed by atoms with Crippen LogP contribution in [-0.4, -0.2) is 45.0 Å². The average molecular weight is 553 g/mol. The normalized spacial score (nSPS) is 14.6. The molecule has 0 unspecified atom stereocenters. The lowest BCUT2D eigenvalue weighted by Gasteiger charge is -2.22. The van der Waals surface area contributed by atoms with Crippen LogP contribution in [0.1, 0.15) is 36.5 Å². The van der Waals surface area contributed by atoms with Crippen molar-refractivity contribution < 1.29 is 14.2 Å². The molecule has 2 aromatic carbocycles. The SMILES string of the molecule is CCNC(=NCc1cccc(COC2CCOCC2)c1)NCCOCc1ccccc1.I. The second kappa shape index (κ2) is 16.0. The fourth-order valence-electron chi connectivity index (χ4n) is 3.39. The molecule has 0 spiro atoms. The first-order valence-corrected chi connectivity index (χ1v) is 11.2. The maximum Gasteiger partial charge on any atom is 0.191 e. The molecule has 0 radical (unpaired) electrons. The topological polar surface area (TPSA) is 64.1 Å². The van der Waals surface area contributed by atoms with Gasteiger partial charge in [-0.05, 0) is 36.5 Å². The number of hydrogen-bond donors (Lipinski definition) is 2. The van der Waals surface area contributed by atoms with E-state index in [9.17, 15) is 0 Å². The third-order valence-corrected chi connectivity index (χ3v) is 5.06. The third-order valence-electron chi connectivity index (χ3n) is 5.06. The van der Waals surface area contributed by atoms with Crippen LogP contribution in [0.2, 0.25) is 0 Å². The fraction of sp³-hybridized carbons (Fsp3) is 0.480. The lowest BCUT2D eigenvalue weighted by molar-refractivity contribution is -0.0390. The van der Waals surface area contributed by atoms with Crippen LogP contribution in [0.4, 0.5) is 0 Å². The molecule has 0 atom stereocenters. The quantitative estimate of drug-likeness (QED) is 0.188. The summed E-state index contributed by atoms with van der Waals surface area (Å²) in [4.78, 5) is 4.71. The Balaban J connectivity index is 0.00000363. The summed E-state index contributed by atoms with van der Waals surface area (Å²) in [6.45, 7) is 7.69. The van der Waals surface area contributed by atoms with E-state index in [2.05, 4.69) is 54.0 Å². The van der Waals surface area contributed by atoms with Gasteiger partial charge in [0.2, 0.25) is 0 Å². The van der Waals surface area contributed by atoms with Crippen molar-refractivity contribution in [3.8, 4) is 0 Å². The molecule has 176 valence electrons. The van der Waals surface area contributed by atoms with Gasteiger partial charge in [0.1, 0.15) is 0 Å². The van der Waals surface area contributed by atoms with Gasteiger partial charge in [0.25, 0.3) is 0 Å². The predicted molar refractivity (Wildman–Crippen MR) is 139 cm³/mol. The van der Waals surface area contributed by atoms with E-state index in [1.165, 1.54) is 16.7 Å². The van der Waals surface area contributed by atoms with Gasteiger partial charge in [-0.3, -0.25) is 0 Å². The molecule has 1 aliphatic heterocycles. The molecular formula is C25H36IN3O3. The standard InChI is InChI=1S/C25H35N3O3.HI/c1-2-26-25(27-13-16-30-19-21-7-4-3-5-8-21)28-18-22-9-6-10-23(17-22)20-31-24-11-14-29-15-12-24;/h3-10,17,24H,2,11-16,18-20H2,1H3,(H2,26,27,28);1H. The Hall–Kier alpha value is -1.68. The second-order valence-electron chi connectivity index (χ2n) is 7.60. The second-order valence-corrected chi connectivity index (χ2v) is 7.60. The molecule has 2 N–H and O–H groups in total. The summed E-state index contributed by atoms with van der Waals surface area (Å²) in [6.07, 6.45) is 2.28. The zero-order chi connectivity index (χ0) is 21.6. The predicted octanol–water partition coefficient (Wildman–Crippen LogP) is 4.27. The Morgan fingerprint density at radius 1 is 0.969 bits per heavy atom. The van der Waals surface area contributed by atoms with Crippen LogP contribution in [0.15, 0.2) is 59.6 Å². The summed E-state index contributed by atoms with van der Waals surface area (Å²) in [5.41, 5.74) is 3.54. The van der Waals surface area contributed by atoms with Gasteiger partial charge in [-0.2, -0.15) is 0 Å². The highest BCUT2D eigenvalue weighted by Gasteiger charge is 2.14. The summed E-state index contributed by atoms with van der Waals surface area (Å²) in [7, 11) is 0. The minimum Gasteiger partial charge on any atom is -0.381 e. The number of ether oxygens (including phenoxy) is 3. The van der Waals surface area contributed by atoms with Crippen molar-refractivity contribution in [2.75, 3.05) is 32.9 Å². The summed E-state index contributed by atoms with van der Waals surface area (Å²) in [5, 5.41) is 6.63. The lowest BCUT2D eigenvalue weighted by atomic mass is 10.1. The lowest BCUT2D eigenvalue weighted by Crippen LogP contribution is -2.38. The smallest absolute Gasteiger partial charge is 0.191 e. The molecule has 1 fully saturated rings. The zero-order valence-corrected chi connectivity index (χ0v) is 21.3. The Kier molecular flexibility index (Phi) is 13.3. The van der Waals surface area contributed by atoms with Gasteiger partial charge in [0.15, 0.2) is 5.96 Å². The van der Waals surface area contributed by atoms with E-state index >= 15 is 0 Å². The molecule has 0 amide bonds. The fourth-order valence-corrected chi connectivity index (χ4v) is 3.39. The number of aliphatic imine (C=N–C) groups is 1. The number of benzene rings is 2. The Bertz CT molecular complexity index is 783. The van der Waals surface area contributed by atoms with Crippen LogP contribution in [-0.2, 0) is 34.0 Å². The number of nitrogens with one attached hydrogen (secondary N) is 2. The van der Waals surface area contributed by atoms with Crippen LogP contribution >= 0.6 is 24.0 Å². The van der Waals surface area contributed by atoms with E-state index in [-0.39, 0.29) is 24.0 Å². The van der Waals surface area contributed by atoms with Gasteiger partial charge in [0.05, 0.1) is 32.5 Å². The molecule has 3 rings (SSSR count). The first-order valence-electron chi connectivity index (χ1n) is 11.2. The van der Waals surface area contributed by atoms with Crippen molar-refractivity contribution in [1.29, 1.82) is 0 Å². The molecule has 32 heavy (non-hydrogen) atoms. The van der Waals surface area contributed by atoms with Crippen molar-refractivity contribution in [3.05, 3.63) is 71.3 Å². The van der Waals surface area contributed by atoms with Gasteiger partial charge in [-0.15, -0.1) is 24.0 Å². The van der Waals surface area contributed by atoms with Gasteiger partial charge in [0, 0.05) is 26.3 Å². The molecule has 0 saturated carbocycles. The van der Waals surface area contributed by atoms with Gasteiger partial charge < -0.3 is 24.8 Å². The van der Waals surface area contributed by atoms with Crippen LogP contribution in [0.3, 0.4) is 0 Å². The van der Waals surface area contributed by atoms with E-state index in [0.717, 1.165) is 38.6 Å². The number of nitrogens with zero attached hydrogens (tertiary/aromatic N) is 1. The Labute approximate surface area is 209 Å². The van der Waals surface area contributed by atoms with Crippen molar-refractivity contribution in [1.82, 2.24) is 10.6 Å². The first kappa shape index (κ1) is 26.6. The summed E-state index contributed by atoms with van der Waals surface area (Å²) < 4.78 is 17.2. The molecule has 1 saturated heterocycles. The number of rotatable bonds is 11. The highest BCUT2D eigenvalue weighted by atomic mass is 127. The van der Waals surface area contributed by atoms with Crippen molar-refractivity contribution in [2.45, 2.75) is 45.6 Å². The Morgan fingerprint density at radius 2 is 1.72 bits per heavy atom. The summed E-state index contributed by atoms with van der Waals surface area (Å²) in [5.74, 6) is 0.801. The number of halogens is 1. The summed E-state index contributed by atoms with van der Waals surface area (Å²) in [6, 6.07) is 18.7. The van der Waals surface area contributed by atoms with E-state index < -0.39 is 0 Å². The van der Waals surface area contributed by atoms with E-state index in [4.69, 9.17) is 19.2 Å². The molecule has 0 aromatic heterocycles. The van der Waals surface area contributed by atoms with Crippen LogP contribution in [0, 0.1) is 0 Å². The van der Waals surface area contributed by atoms with E-state index in [0.29, 0.717) is 39.0 Å². The van der Waals surface area contributed by atoms with Crippen molar-refractivity contribution in [3.63, 3.8) is 0 Å². The molecule has 2 aromatic rings. The third kappa shape index (κ3) is 10.3. The van der Waals surface area contributed by atoms with E-state index in [1.807, 2.05) is 18.2 Å². The molecule has 1 aliphatic rings.